The number of carbonyl (C=O) groups is 1. The van der Waals surface area contributed by atoms with Crippen molar-refractivity contribution in [3.05, 3.63) is 38.0 Å². The smallest absolute Gasteiger partial charge is 0.263 e. The maximum Gasteiger partial charge on any atom is 0.263 e. The van der Waals surface area contributed by atoms with Gasteiger partial charge >= 0.3 is 0 Å². The Bertz CT molecular complexity index is 649. The molecule has 0 aliphatic carbocycles. The van der Waals surface area contributed by atoms with Crippen molar-refractivity contribution >= 4 is 28.6 Å². The Kier molecular flexibility index (Phi) is 5.30. The van der Waals surface area contributed by atoms with Crippen LogP contribution in [0.3, 0.4) is 0 Å². The van der Waals surface area contributed by atoms with Gasteiger partial charge in [-0.15, -0.1) is 22.7 Å². The molecule has 4 nitrogen and oxygen atoms in total. The quantitative estimate of drug-likeness (QED) is 0.851. The van der Waals surface area contributed by atoms with E-state index in [1.54, 1.807) is 16.8 Å². The first kappa shape index (κ1) is 14.7. The predicted octanol–water partition coefficient (Wildman–Crippen LogP) is 2.18. The van der Waals surface area contributed by atoms with Gasteiger partial charge in [-0.05, 0) is 19.1 Å². The first-order valence-electron chi connectivity index (χ1n) is 6.07. The number of aromatic nitrogens is 1. The van der Waals surface area contributed by atoms with Gasteiger partial charge in [-0.25, -0.2) is 4.98 Å². The van der Waals surface area contributed by atoms with Gasteiger partial charge < -0.3 is 10.4 Å². The van der Waals surface area contributed by atoms with Gasteiger partial charge in [0.05, 0.1) is 29.2 Å². The van der Waals surface area contributed by atoms with Crippen molar-refractivity contribution in [3.63, 3.8) is 0 Å². The molecule has 0 bridgehead atoms. The fourth-order valence-corrected chi connectivity index (χ4v) is 3.05. The number of carbonyl (C=O) groups excluding carboxylic acids is 1. The normalized spacial score (nSPS) is 9.90. The predicted molar refractivity (Wildman–Crippen MR) is 80.9 cm³/mol. The summed E-state index contributed by atoms with van der Waals surface area (Å²) in [4.78, 5) is 18.6. The minimum Gasteiger partial charge on any atom is -0.395 e. The number of amides is 1. The highest BCUT2D eigenvalue weighted by Crippen LogP contribution is 2.16. The number of hydrogen-bond acceptors (Lipinski definition) is 5. The van der Waals surface area contributed by atoms with Crippen LogP contribution in [0.1, 0.15) is 31.5 Å². The van der Waals surface area contributed by atoms with E-state index in [-0.39, 0.29) is 12.5 Å². The van der Waals surface area contributed by atoms with Crippen LogP contribution in [0.25, 0.3) is 0 Å². The van der Waals surface area contributed by atoms with E-state index in [4.69, 9.17) is 5.11 Å². The van der Waals surface area contributed by atoms with Crippen molar-refractivity contribution in [2.45, 2.75) is 19.9 Å². The maximum absolute atomic E-state index is 11.9. The van der Waals surface area contributed by atoms with E-state index < -0.39 is 0 Å². The third-order valence-corrected chi connectivity index (χ3v) is 4.41. The first-order chi connectivity index (χ1) is 9.70. The van der Waals surface area contributed by atoms with E-state index in [0.717, 1.165) is 15.4 Å². The molecule has 0 aliphatic heterocycles. The summed E-state index contributed by atoms with van der Waals surface area (Å²) < 4.78 is 0. The molecule has 0 spiro atoms. The standard InChI is InChI=1S/C14H14N2O2S2/c1-10-13(19-9-16-10)14(18)15-8-12-6-5-11(20-12)4-2-3-7-17/h5-6,9,17H,3,7-8H2,1H3,(H,15,18). The average Bonchev–Trinajstić information content (AvgIpc) is 3.05. The second kappa shape index (κ2) is 7.20. The van der Waals surface area contributed by atoms with Crippen LogP contribution in [-0.2, 0) is 6.54 Å². The van der Waals surface area contributed by atoms with Gasteiger partial charge in [0.1, 0.15) is 4.88 Å². The molecule has 2 heterocycles. The van der Waals surface area contributed by atoms with Crippen LogP contribution < -0.4 is 5.32 Å². The van der Waals surface area contributed by atoms with Crippen molar-refractivity contribution in [2.75, 3.05) is 6.61 Å². The Hall–Kier alpha value is -1.68. The number of hydrogen-bond donors (Lipinski definition) is 2. The van der Waals surface area contributed by atoms with Crippen LogP contribution in [0.4, 0.5) is 0 Å². The molecular formula is C14H14N2O2S2. The summed E-state index contributed by atoms with van der Waals surface area (Å²) in [5.74, 6) is 5.76. The van der Waals surface area contributed by atoms with Crippen molar-refractivity contribution < 1.29 is 9.90 Å². The number of aryl methyl sites for hydroxylation is 1. The van der Waals surface area contributed by atoms with Gasteiger partial charge in [-0.2, -0.15) is 0 Å². The lowest BCUT2D eigenvalue weighted by Gasteiger charge is -2.01. The van der Waals surface area contributed by atoms with Gasteiger partial charge in [0.2, 0.25) is 0 Å². The Balaban J connectivity index is 1.90. The molecule has 2 N–H and O–H groups in total. The summed E-state index contributed by atoms with van der Waals surface area (Å²) in [7, 11) is 0. The molecule has 0 unspecified atom stereocenters. The SMILES string of the molecule is Cc1ncsc1C(=O)NCc1ccc(C#CCCO)s1. The summed E-state index contributed by atoms with van der Waals surface area (Å²) in [5, 5.41) is 11.5. The zero-order valence-corrected chi connectivity index (χ0v) is 12.6. The highest BCUT2D eigenvalue weighted by Gasteiger charge is 2.11. The topological polar surface area (TPSA) is 62.2 Å². The van der Waals surface area contributed by atoms with Crippen molar-refractivity contribution in [2.24, 2.45) is 0 Å². The van der Waals surface area contributed by atoms with Crippen LogP contribution in [0.2, 0.25) is 0 Å². The molecule has 0 radical (unpaired) electrons. The lowest BCUT2D eigenvalue weighted by molar-refractivity contribution is 0.0954. The second-order valence-electron chi connectivity index (χ2n) is 3.99. The highest BCUT2D eigenvalue weighted by atomic mass is 32.1. The van der Waals surface area contributed by atoms with Crippen LogP contribution >= 0.6 is 22.7 Å². The summed E-state index contributed by atoms with van der Waals surface area (Å²) in [5.41, 5.74) is 2.43. The largest absolute Gasteiger partial charge is 0.395 e. The summed E-state index contributed by atoms with van der Waals surface area (Å²) in [6.45, 7) is 2.39. The van der Waals surface area contributed by atoms with E-state index in [1.165, 1.54) is 11.3 Å². The Labute approximate surface area is 125 Å². The van der Waals surface area contributed by atoms with Gasteiger partial charge in [-0.1, -0.05) is 11.8 Å². The van der Waals surface area contributed by atoms with E-state index in [9.17, 15) is 4.79 Å². The molecule has 1 amide bonds. The molecule has 0 saturated carbocycles. The van der Waals surface area contributed by atoms with Crippen LogP contribution in [0.15, 0.2) is 17.6 Å². The number of nitrogens with zero attached hydrogens (tertiary/aromatic N) is 1. The Morgan fingerprint density at radius 1 is 1.50 bits per heavy atom. The molecule has 6 heteroatoms. The molecule has 20 heavy (non-hydrogen) atoms. The lowest BCUT2D eigenvalue weighted by Crippen LogP contribution is -2.22. The minimum absolute atomic E-state index is 0.0789. The van der Waals surface area contributed by atoms with Gasteiger partial charge in [0, 0.05) is 11.3 Å². The maximum atomic E-state index is 11.9. The van der Waals surface area contributed by atoms with Crippen molar-refractivity contribution in [1.82, 2.24) is 10.3 Å². The molecule has 0 aromatic carbocycles. The molecule has 0 atom stereocenters. The molecule has 0 saturated heterocycles. The zero-order chi connectivity index (χ0) is 14.4. The number of aliphatic hydroxyl groups is 1. The second-order valence-corrected chi connectivity index (χ2v) is 6.01. The van der Waals surface area contributed by atoms with Crippen LogP contribution in [0, 0.1) is 18.8 Å². The monoisotopic (exact) mass is 306 g/mol. The molecule has 0 fully saturated rings. The Morgan fingerprint density at radius 3 is 3.05 bits per heavy atom. The fraction of sp³-hybridized carbons (Fsp3) is 0.286. The van der Waals surface area contributed by atoms with Gasteiger partial charge in [-0.3, -0.25) is 4.79 Å². The number of nitrogens with one attached hydrogen (secondary N) is 1. The molecule has 104 valence electrons. The van der Waals surface area contributed by atoms with Crippen LogP contribution in [0.5, 0.6) is 0 Å². The average molecular weight is 306 g/mol. The van der Waals surface area contributed by atoms with E-state index in [2.05, 4.69) is 22.1 Å². The molecule has 2 aromatic rings. The molecular weight excluding hydrogens is 292 g/mol. The molecule has 2 aromatic heterocycles. The van der Waals surface area contributed by atoms with Gasteiger partial charge in [0.15, 0.2) is 0 Å². The van der Waals surface area contributed by atoms with E-state index in [1.807, 2.05) is 19.1 Å². The third kappa shape index (κ3) is 3.90. The molecule has 0 aliphatic rings. The zero-order valence-electron chi connectivity index (χ0n) is 11.0. The number of aliphatic hydroxyl groups excluding tert-OH is 1. The number of thiophene rings is 1. The highest BCUT2D eigenvalue weighted by molar-refractivity contribution is 7.12. The summed E-state index contributed by atoms with van der Waals surface area (Å²) in [6.07, 6.45) is 0.481. The van der Waals surface area contributed by atoms with E-state index >= 15 is 0 Å². The van der Waals surface area contributed by atoms with Crippen LogP contribution in [-0.4, -0.2) is 22.6 Å². The van der Waals surface area contributed by atoms with Crippen molar-refractivity contribution in [3.8, 4) is 11.8 Å². The van der Waals surface area contributed by atoms with E-state index in [0.29, 0.717) is 17.8 Å². The fourth-order valence-electron chi connectivity index (χ4n) is 1.51. The van der Waals surface area contributed by atoms with Crippen molar-refractivity contribution in [1.29, 1.82) is 0 Å². The Morgan fingerprint density at radius 2 is 2.35 bits per heavy atom. The first-order valence-corrected chi connectivity index (χ1v) is 7.77. The number of rotatable bonds is 4. The lowest BCUT2D eigenvalue weighted by atomic mass is 10.3. The summed E-state index contributed by atoms with van der Waals surface area (Å²) >= 11 is 2.89. The number of thiazole rings is 1. The van der Waals surface area contributed by atoms with Gasteiger partial charge in [0.25, 0.3) is 5.91 Å². The molecule has 2 rings (SSSR count). The third-order valence-electron chi connectivity index (χ3n) is 2.48. The summed E-state index contributed by atoms with van der Waals surface area (Å²) in [6, 6.07) is 3.88. The minimum atomic E-state index is -0.0914.